The molecule has 1 fully saturated rings. The Morgan fingerprint density at radius 3 is 2.70 bits per heavy atom. The van der Waals surface area contributed by atoms with E-state index < -0.39 is 0 Å². The number of hydrogen-bond donors (Lipinski definition) is 0. The van der Waals surface area contributed by atoms with Crippen LogP contribution in [0.15, 0.2) is 71.1 Å². The summed E-state index contributed by atoms with van der Waals surface area (Å²) >= 11 is 1.14. The molecule has 2 aliphatic heterocycles. The zero-order valence-electron chi connectivity index (χ0n) is 12.6. The molecule has 1 saturated heterocycles. The predicted molar refractivity (Wildman–Crippen MR) is 93.6 cm³/mol. The Labute approximate surface area is 140 Å². The molecule has 0 saturated carbocycles. The molecule has 4 rings (SSSR count). The van der Waals surface area contributed by atoms with Crippen molar-refractivity contribution in [1.29, 1.82) is 0 Å². The molecule has 116 valence electrons. The molecule has 2 heterocycles. The molecule has 2 aromatic carbocycles. The van der Waals surface area contributed by atoms with E-state index in [1.165, 1.54) is 5.56 Å². The maximum Gasteiger partial charge on any atom is 0.201 e. The lowest BCUT2D eigenvalue weighted by molar-refractivity contribution is 0.0209. The molecule has 2 aliphatic rings. The van der Waals surface area contributed by atoms with Gasteiger partial charge in [-0.05, 0) is 24.1 Å². The fourth-order valence-electron chi connectivity index (χ4n) is 3.18. The maximum atomic E-state index is 6.13. The van der Waals surface area contributed by atoms with Gasteiger partial charge in [0.2, 0.25) is 12.2 Å². The molecule has 0 aliphatic carbocycles. The van der Waals surface area contributed by atoms with Crippen molar-refractivity contribution >= 4 is 17.9 Å². The highest BCUT2D eigenvalue weighted by molar-refractivity contribution is 7.93. The lowest BCUT2D eigenvalue weighted by atomic mass is 9.81. The third-order valence-electron chi connectivity index (χ3n) is 4.25. The van der Waals surface area contributed by atoms with Crippen LogP contribution in [-0.2, 0) is 4.74 Å². The zero-order chi connectivity index (χ0) is 15.6. The van der Waals surface area contributed by atoms with Gasteiger partial charge in [0, 0.05) is 11.5 Å². The predicted octanol–water partition coefficient (Wildman–Crippen LogP) is 4.77. The van der Waals surface area contributed by atoms with Crippen molar-refractivity contribution in [1.82, 2.24) is 0 Å². The van der Waals surface area contributed by atoms with E-state index in [0.29, 0.717) is 6.61 Å². The molecule has 0 bridgehead atoms. The monoisotopic (exact) mass is 323 g/mol. The molecular weight excluding hydrogens is 306 g/mol. The van der Waals surface area contributed by atoms with Gasteiger partial charge in [-0.15, -0.1) is 0 Å². The van der Waals surface area contributed by atoms with Gasteiger partial charge in [0.15, 0.2) is 0 Å². The van der Waals surface area contributed by atoms with Crippen LogP contribution in [-0.4, -0.2) is 12.3 Å². The molecular formula is C19H17NO2S. The summed E-state index contributed by atoms with van der Waals surface area (Å²) < 4.78 is 16.3. The van der Waals surface area contributed by atoms with Gasteiger partial charge in [-0.3, -0.25) is 0 Å². The van der Waals surface area contributed by atoms with E-state index >= 15 is 0 Å². The molecule has 3 nitrogen and oxygen atoms in total. The van der Waals surface area contributed by atoms with Crippen molar-refractivity contribution in [2.24, 2.45) is 10.3 Å². The highest BCUT2D eigenvalue weighted by atomic mass is 32.2. The van der Waals surface area contributed by atoms with Crippen molar-refractivity contribution in [3.63, 3.8) is 0 Å². The molecule has 2 aromatic rings. The van der Waals surface area contributed by atoms with E-state index in [-0.39, 0.29) is 12.0 Å². The highest BCUT2D eigenvalue weighted by Gasteiger charge is 2.35. The van der Waals surface area contributed by atoms with Crippen LogP contribution in [0.1, 0.15) is 23.7 Å². The molecule has 23 heavy (non-hydrogen) atoms. The summed E-state index contributed by atoms with van der Waals surface area (Å²) in [6.45, 7) is 4.73. The van der Waals surface area contributed by atoms with Gasteiger partial charge in [0.1, 0.15) is 5.75 Å². The molecule has 0 radical (unpaired) electrons. The van der Waals surface area contributed by atoms with Gasteiger partial charge < -0.3 is 8.92 Å². The molecule has 2 atom stereocenters. The molecule has 0 spiro atoms. The lowest BCUT2D eigenvalue weighted by Crippen LogP contribution is -2.31. The summed E-state index contributed by atoms with van der Waals surface area (Å²) in [4.78, 5) is 0. The minimum Gasteiger partial charge on any atom is -0.403 e. The minimum absolute atomic E-state index is 0.00722. The van der Waals surface area contributed by atoms with E-state index in [2.05, 4.69) is 29.2 Å². The van der Waals surface area contributed by atoms with Crippen LogP contribution in [0.4, 0.5) is 0 Å². The Balaban J connectivity index is 1.75. The van der Waals surface area contributed by atoms with Crippen molar-refractivity contribution in [2.45, 2.75) is 12.5 Å². The summed E-state index contributed by atoms with van der Waals surface area (Å²) in [5, 5.41) is 0. The van der Waals surface area contributed by atoms with Crippen molar-refractivity contribution in [3.8, 4) is 5.75 Å². The summed E-state index contributed by atoms with van der Waals surface area (Å²) in [6.07, 6.45) is 0.875. The Morgan fingerprint density at radius 1 is 1.04 bits per heavy atom. The first-order chi connectivity index (χ1) is 11.3. The number of ether oxygens (including phenoxy) is 1. The Hall–Kier alpha value is -2.04. The van der Waals surface area contributed by atoms with Crippen LogP contribution in [0.5, 0.6) is 5.75 Å². The van der Waals surface area contributed by atoms with Crippen molar-refractivity contribution < 1.29 is 8.92 Å². The Morgan fingerprint density at radius 2 is 1.83 bits per heavy atom. The van der Waals surface area contributed by atoms with E-state index in [0.717, 1.165) is 41.2 Å². The van der Waals surface area contributed by atoms with E-state index in [4.69, 9.17) is 8.92 Å². The van der Waals surface area contributed by atoms with Crippen LogP contribution in [0.25, 0.3) is 0 Å². The quantitative estimate of drug-likeness (QED) is 0.453. The summed E-state index contributed by atoms with van der Waals surface area (Å²) in [7, 11) is 0. The van der Waals surface area contributed by atoms with E-state index in [9.17, 15) is 0 Å². The number of benzene rings is 2. The first-order valence-corrected chi connectivity index (χ1v) is 8.37. The maximum absolute atomic E-state index is 6.13. The largest absolute Gasteiger partial charge is 0.403 e. The number of hydrogen-bond acceptors (Lipinski definition) is 4. The van der Waals surface area contributed by atoms with Crippen molar-refractivity contribution in [3.05, 3.63) is 77.9 Å². The molecule has 0 amide bonds. The number of rotatable bonds is 2. The summed E-state index contributed by atoms with van der Waals surface area (Å²) in [5.74, 6) is 1.02. The first kappa shape index (κ1) is 14.5. The van der Waals surface area contributed by atoms with Crippen LogP contribution in [0.3, 0.4) is 0 Å². The number of fused-ring (bicyclic) bond motifs is 1. The van der Waals surface area contributed by atoms with Gasteiger partial charge in [-0.1, -0.05) is 54.6 Å². The second-order valence-electron chi connectivity index (χ2n) is 5.83. The van der Waals surface area contributed by atoms with Gasteiger partial charge in [0.05, 0.1) is 18.4 Å². The van der Waals surface area contributed by atoms with E-state index in [1.807, 2.05) is 36.4 Å². The Kier molecular flexibility index (Phi) is 3.93. The SMILES string of the molecule is C=C1CO[C@H](c2ccccc2)C(C2=NSOc3ccccc32)C1. The van der Waals surface area contributed by atoms with Gasteiger partial charge >= 0.3 is 0 Å². The first-order valence-electron chi connectivity index (χ1n) is 7.67. The standard InChI is InChI=1S/C19H17NO2S/c1-13-11-16(19(21-12-13)14-7-3-2-4-8-14)18-15-9-5-6-10-17(15)22-23-20-18/h2-10,16,19H,1,11-12H2/t16?,19-/m1/s1. The van der Waals surface area contributed by atoms with Gasteiger partial charge in [0.25, 0.3) is 0 Å². The highest BCUT2D eigenvalue weighted by Crippen LogP contribution is 2.41. The zero-order valence-corrected chi connectivity index (χ0v) is 13.5. The Bertz CT molecular complexity index is 757. The molecule has 0 N–H and O–H groups in total. The summed E-state index contributed by atoms with van der Waals surface area (Å²) in [6, 6.07) is 18.4. The average Bonchev–Trinajstić information content (AvgIpc) is 2.62. The van der Waals surface area contributed by atoms with Crippen LogP contribution < -0.4 is 4.18 Å². The topological polar surface area (TPSA) is 30.8 Å². The second kappa shape index (κ2) is 6.22. The molecule has 0 aromatic heterocycles. The van der Waals surface area contributed by atoms with Crippen LogP contribution in [0, 0.1) is 5.92 Å². The third-order valence-corrected chi connectivity index (χ3v) is 4.77. The van der Waals surface area contributed by atoms with Gasteiger partial charge in [-0.25, -0.2) is 0 Å². The second-order valence-corrected chi connectivity index (χ2v) is 6.33. The molecule has 1 unspecified atom stereocenters. The third kappa shape index (κ3) is 2.80. The molecule has 4 heteroatoms. The summed E-state index contributed by atoms with van der Waals surface area (Å²) in [5.41, 5.74) is 4.38. The number of para-hydroxylation sites is 1. The normalized spacial score (nSPS) is 23.7. The average molecular weight is 323 g/mol. The van der Waals surface area contributed by atoms with Crippen molar-refractivity contribution in [2.75, 3.05) is 6.61 Å². The number of nitrogens with zero attached hydrogens (tertiary/aromatic N) is 1. The van der Waals surface area contributed by atoms with E-state index in [1.54, 1.807) is 0 Å². The van der Waals surface area contributed by atoms with Gasteiger partial charge in [-0.2, -0.15) is 4.40 Å². The minimum atomic E-state index is -0.00722. The lowest BCUT2D eigenvalue weighted by Gasteiger charge is -2.35. The smallest absolute Gasteiger partial charge is 0.201 e. The fourth-order valence-corrected chi connectivity index (χ4v) is 3.76. The van der Waals surface area contributed by atoms with Crippen LogP contribution in [0.2, 0.25) is 0 Å². The fraction of sp³-hybridized carbons (Fsp3) is 0.211. The van der Waals surface area contributed by atoms with Crippen LogP contribution >= 0.6 is 12.2 Å².